The third-order valence-electron chi connectivity index (χ3n) is 6.11. The van der Waals surface area contributed by atoms with E-state index in [-0.39, 0.29) is 5.04 Å². The molecule has 0 radical (unpaired) electrons. The molecular weight excluding hydrogens is 332 g/mol. The van der Waals surface area contributed by atoms with Crippen LogP contribution in [0.25, 0.3) is 0 Å². The molecule has 1 aliphatic rings. The van der Waals surface area contributed by atoms with E-state index in [0.29, 0.717) is 5.41 Å². The van der Waals surface area contributed by atoms with Crippen molar-refractivity contribution in [3.8, 4) is 0 Å². The molecule has 0 aliphatic heterocycles. The van der Waals surface area contributed by atoms with Crippen LogP contribution in [0.1, 0.15) is 59.8 Å². The largest absolute Gasteiger partial charge is 0.407 e. The Morgan fingerprint density at radius 2 is 1.27 bits per heavy atom. The Kier molecular flexibility index (Phi) is 5.74. The first-order chi connectivity index (χ1) is 12.4. The highest BCUT2D eigenvalue weighted by Crippen LogP contribution is 2.41. The van der Waals surface area contributed by atoms with Gasteiger partial charge in [-0.3, -0.25) is 0 Å². The van der Waals surface area contributed by atoms with Gasteiger partial charge in [0.2, 0.25) is 0 Å². The van der Waals surface area contributed by atoms with Gasteiger partial charge in [-0.05, 0) is 33.7 Å². The minimum atomic E-state index is -2.38. The maximum absolute atomic E-state index is 7.15. The lowest BCUT2D eigenvalue weighted by Crippen LogP contribution is -2.67. The van der Waals surface area contributed by atoms with Gasteiger partial charge in [0.15, 0.2) is 0 Å². The van der Waals surface area contributed by atoms with Crippen LogP contribution in [0.15, 0.2) is 60.7 Å². The van der Waals surface area contributed by atoms with Crippen molar-refractivity contribution in [3.63, 3.8) is 0 Å². The van der Waals surface area contributed by atoms with E-state index in [1.807, 2.05) is 0 Å². The predicted octanol–water partition coefficient (Wildman–Crippen LogP) is 5.53. The Labute approximate surface area is 160 Å². The van der Waals surface area contributed by atoms with Crippen molar-refractivity contribution in [1.82, 2.24) is 0 Å². The fraction of sp³-hybridized carbons (Fsp3) is 0.500. The molecule has 0 aromatic heterocycles. The van der Waals surface area contributed by atoms with Crippen molar-refractivity contribution in [2.75, 3.05) is 6.61 Å². The monoisotopic (exact) mass is 366 g/mol. The Bertz CT molecular complexity index is 642. The van der Waals surface area contributed by atoms with Crippen LogP contribution < -0.4 is 10.4 Å². The summed E-state index contributed by atoms with van der Waals surface area (Å²) in [7, 11) is -2.38. The number of benzene rings is 2. The average molecular weight is 367 g/mol. The smallest absolute Gasteiger partial charge is 0.261 e. The van der Waals surface area contributed by atoms with Gasteiger partial charge >= 0.3 is 0 Å². The minimum absolute atomic E-state index is 0.0702. The Morgan fingerprint density at radius 1 is 0.808 bits per heavy atom. The molecule has 0 amide bonds. The lowest BCUT2D eigenvalue weighted by atomic mass is 9.76. The molecule has 0 unspecified atom stereocenters. The SMILES string of the molecule is CC1(CO[Si](c2ccccc2)(c2ccccc2)C(C)(C)C)CCCCC1. The van der Waals surface area contributed by atoms with Crippen LogP contribution in [0, 0.1) is 5.41 Å². The molecule has 0 spiro atoms. The molecule has 1 saturated carbocycles. The van der Waals surface area contributed by atoms with Crippen LogP contribution in [-0.4, -0.2) is 14.9 Å². The van der Waals surface area contributed by atoms with Gasteiger partial charge in [-0.25, -0.2) is 0 Å². The predicted molar refractivity (Wildman–Crippen MR) is 115 cm³/mol. The van der Waals surface area contributed by atoms with Crippen LogP contribution in [0.5, 0.6) is 0 Å². The lowest BCUT2D eigenvalue weighted by Gasteiger charge is -2.46. The van der Waals surface area contributed by atoms with Crippen molar-refractivity contribution >= 4 is 18.7 Å². The summed E-state index contributed by atoms with van der Waals surface area (Å²) in [5.41, 5.74) is 0.325. The molecule has 140 valence electrons. The van der Waals surface area contributed by atoms with Gasteiger partial charge in [0.25, 0.3) is 8.32 Å². The van der Waals surface area contributed by atoms with Gasteiger partial charge in [0, 0.05) is 6.61 Å². The summed E-state index contributed by atoms with van der Waals surface area (Å²) < 4.78 is 7.15. The highest BCUT2D eigenvalue weighted by Gasteiger charge is 2.51. The first-order valence-electron chi connectivity index (χ1n) is 10.1. The Morgan fingerprint density at radius 3 is 1.69 bits per heavy atom. The van der Waals surface area contributed by atoms with Gasteiger partial charge in [0.05, 0.1) is 0 Å². The van der Waals surface area contributed by atoms with Gasteiger partial charge in [-0.1, -0.05) is 108 Å². The van der Waals surface area contributed by atoms with Gasteiger partial charge in [-0.15, -0.1) is 0 Å². The van der Waals surface area contributed by atoms with Crippen molar-refractivity contribution < 1.29 is 4.43 Å². The third kappa shape index (κ3) is 3.82. The standard InChI is InChI=1S/C24H34OSi/c1-23(2,3)26(21-14-8-5-9-15-21,22-16-10-6-11-17-22)25-20-24(4)18-12-7-13-19-24/h5-6,8-11,14-17H,7,12-13,18-20H2,1-4H3. The normalized spacial score (nSPS) is 17.8. The quantitative estimate of drug-likeness (QED) is 0.632. The second kappa shape index (κ2) is 7.70. The Hall–Kier alpha value is -1.38. The van der Waals surface area contributed by atoms with E-state index >= 15 is 0 Å². The zero-order valence-electron chi connectivity index (χ0n) is 16.9. The van der Waals surface area contributed by atoms with E-state index in [0.717, 1.165) is 6.61 Å². The summed E-state index contributed by atoms with van der Waals surface area (Å²) in [5.74, 6) is 0. The molecule has 0 heterocycles. The first kappa shape index (κ1) is 19.4. The molecule has 1 fully saturated rings. The fourth-order valence-electron chi connectivity index (χ4n) is 4.59. The van der Waals surface area contributed by atoms with Crippen LogP contribution in [0.3, 0.4) is 0 Å². The fourth-order valence-corrected chi connectivity index (χ4v) is 9.31. The van der Waals surface area contributed by atoms with Crippen LogP contribution >= 0.6 is 0 Å². The van der Waals surface area contributed by atoms with E-state index in [1.165, 1.54) is 42.5 Å². The number of rotatable bonds is 5. The summed E-state index contributed by atoms with van der Waals surface area (Å²) in [6.07, 6.45) is 6.67. The molecule has 0 N–H and O–H groups in total. The van der Waals surface area contributed by atoms with Gasteiger partial charge < -0.3 is 4.43 Å². The van der Waals surface area contributed by atoms with Crippen molar-refractivity contribution in [2.24, 2.45) is 5.41 Å². The molecule has 1 aliphatic carbocycles. The molecule has 26 heavy (non-hydrogen) atoms. The molecule has 0 saturated heterocycles. The van der Waals surface area contributed by atoms with Crippen LogP contribution in [-0.2, 0) is 4.43 Å². The topological polar surface area (TPSA) is 9.23 Å². The number of hydrogen-bond donors (Lipinski definition) is 0. The average Bonchev–Trinajstić information content (AvgIpc) is 2.63. The maximum atomic E-state index is 7.15. The second-order valence-electron chi connectivity index (χ2n) is 9.32. The highest BCUT2D eigenvalue weighted by molar-refractivity contribution is 6.99. The van der Waals surface area contributed by atoms with E-state index in [2.05, 4.69) is 88.4 Å². The lowest BCUT2D eigenvalue weighted by molar-refractivity contribution is 0.109. The van der Waals surface area contributed by atoms with E-state index in [9.17, 15) is 0 Å². The summed E-state index contributed by atoms with van der Waals surface area (Å²) in [6, 6.07) is 22.0. The zero-order chi connectivity index (χ0) is 18.7. The molecule has 2 aromatic rings. The highest BCUT2D eigenvalue weighted by atomic mass is 28.4. The van der Waals surface area contributed by atoms with Crippen molar-refractivity contribution in [3.05, 3.63) is 60.7 Å². The third-order valence-corrected chi connectivity index (χ3v) is 11.1. The summed E-state index contributed by atoms with van der Waals surface area (Å²) >= 11 is 0. The molecular formula is C24H34OSi. The van der Waals surface area contributed by atoms with Crippen molar-refractivity contribution in [2.45, 2.75) is 64.8 Å². The van der Waals surface area contributed by atoms with E-state index < -0.39 is 8.32 Å². The molecule has 2 heteroatoms. The molecule has 2 aromatic carbocycles. The van der Waals surface area contributed by atoms with E-state index in [1.54, 1.807) is 0 Å². The minimum Gasteiger partial charge on any atom is -0.407 e. The molecule has 3 rings (SSSR count). The van der Waals surface area contributed by atoms with Gasteiger partial charge in [0.1, 0.15) is 0 Å². The summed E-state index contributed by atoms with van der Waals surface area (Å²) in [5, 5.41) is 2.84. The summed E-state index contributed by atoms with van der Waals surface area (Å²) in [6.45, 7) is 10.4. The van der Waals surface area contributed by atoms with E-state index in [4.69, 9.17) is 4.43 Å². The van der Waals surface area contributed by atoms with Crippen LogP contribution in [0.4, 0.5) is 0 Å². The molecule has 1 nitrogen and oxygen atoms in total. The molecule has 0 atom stereocenters. The summed E-state index contributed by atoms with van der Waals surface area (Å²) in [4.78, 5) is 0. The maximum Gasteiger partial charge on any atom is 0.261 e. The first-order valence-corrected chi connectivity index (χ1v) is 12.0. The Balaban J connectivity index is 2.05. The molecule has 0 bridgehead atoms. The number of hydrogen-bond acceptors (Lipinski definition) is 1. The van der Waals surface area contributed by atoms with Gasteiger partial charge in [-0.2, -0.15) is 0 Å². The zero-order valence-corrected chi connectivity index (χ0v) is 17.9. The second-order valence-corrected chi connectivity index (χ2v) is 13.6. The van der Waals surface area contributed by atoms with Crippen molar-refractivity contribution in [1.29, 1.82) is 0 Å². The van der Waals surface area contributed by atoms with Crippen LogP contribution in [0.2, 0.25) is 5.04 Å².